The van der Waals surface area contributed by atoms with Crippen LogP contribution in [0.3, 0.4) is 0 Å². The molecule has 6 nitrogen and oxygen atoms in total. The molecule has 0 unspecified atom stereocenters. The van der Waals surface area contributed by atoms with Crippen LogP contribution in [-0.4, -0.2) is 42.1 Å². The highest BCUT2D eigenvalue weighted by molar-refractivity contribution is 9.10. The number of rotatable bonds is 6. The normalized spacial score (nSPS) is 14.2. The predicted octanol–water partition coefficient (Wildman–Crippen LogP) is 3.38. The van der Waals surface area contributed by atoms with Crippen LogP contribution in [0.4, 0.5) is 11.8 Å². The summed E-state index contributed by atoms with van der Waals surface area (Å²) in [5, 5.41) is 6.11. The highest BCUT2D eigenvalue weighted by Gasteiger charge is 2.13. The van der Waals surface area contributed by atoms with E-state index in [1.165, 1.54) is 19.3 Å². The van der Waals surface area contributed by atoms with Gasteiger partial charge in [-0.05, 0) is 44.4 Å². The van der Waals surface area contributed by atoms with E-state index in [-0.39, 0.29) is 5.91 Å². The molecule has 26 heavy (non-hydrogen) atoms. The highest BCUT2D eigenvalue weighted by Crippen LogP contribution is 2.19. The fraction of sp³-hybridized carbons (Fsp3) is 0.421. The van der Waals surface area contributed by atoms with Crippen LogP contribution in [0.15, 0.2) is 34.8 Å². The van der Waals surface area contributed by atoms with Gasteiger partial charge in [0.1, 0.15) is 5.82 Å². The minimum absolute atomic E-state index is 0.0905. The monoisotopic (exact) mass is 417 g/mol. The van der Waals surface area contributed by atoms with Crippen LogP contribution in [0.25, 0.3) is 0 Å². The fourth-order valence-electron chi connectivity index (χ4n) is 3.00. The Morgan fingerprint density at radius 2 is 1.96 bits per heavy atom. The van der Waals surface area contributed by atoms with Gasteiger partial charge < -0.3 is 15.5 Å². The first-order chi connectivity index (χ1) is 12.6. The third kappa shape index (κ3) is 5.17. The number of halogens is 1. The van der Waals surface area contributed by atoms with Gasteiger partial charge in [0.05, 0.1) is 0 Å². The van der Waals surface area contributed by atoms with Gasteiger partial charge in [-0.2, -0.15) is 4.98 Å². The first-order valence-electron chi connectivity index (χ1n) is 9.00. The van der Waals surface area contributed by atoms with Crippen molar-refractivity contribution in [3.05, 3.63) is 46.1 Å². The number of amides is 1. The molecule has 2 aromatic rings. The Bertz CT molecular complexity index is 761. The topological polar surface area (TPSA) is 70.2 Å². The number of nitrogens with zero attached hydrogens (tertiary/aromatic N) is 3. The molecule has 3 rings (SSSR count). The molecular weight excluding hydrogens is 394 g/mol. The average Bonchev–Trinajstić information content (AvgIpc) is 2.65. The molecule has 1 aliphatic heterocycles. The van der Waals surface area contributed by atoms with Gasteiger partial charge in [0.2, 0.25) is 5.95 Å². The van der Waals surface area contributed by atoms with Crippen LogP contribution in [0.2, 0.25) is 0 Å². The number of nitrogens with one attached hydrogen (secondary N) is 2. The molecule has 0 saturated carbocycles. The van der Waals surface area contributed by atoms with Gasteiger partial charge in [0, 0.05) is 48.0 Å². The fourth-order valence-corrected chi connectivity index (χ4v) is 3.40. The summed E-state index contributed by atoms with van der Waals surface area (Å²) in [4.78, 5) is 23.5. The molecule has 1 aromatic carbocycles. The lowest BCUT2D eigenvalue weighted by Crippen LogP contribution is -2.31. The summed E-state index contributed by atoms with van der Waals surface area (Å²) in [5.41, 5.74) is 1.58. The second-order valence-corrected chi connectivity index (χ2v) is 7.35. The average molecular weight is 418 g/mol. The van der Waals surface area contributed by atoms with Gasteiger partial charge in [-0.1, -0.05) is 22.0 Å². The summed E-state index contributed by atoms with van der Waals surface area (Å²) in [5.74, 6) is 1.51. The van der Waals surface area contributed by atoms with Crippen LogP contribution in [0.5, 0.6) is 0 Å². The first kappa shape index (κ1) is 18.6. The maximum atomic E-state index is 12.1. The molecule has 1 saturated heterocycles. The zero-order valence-corrected chi connectivity index (χ0v) is 16.6. The van der Waals surface area contributed by atoms with Crippen LogP contribution in [-0.2, 0) is 0 Å². The summed E-state index contributed by atoms with van der Waals surface area (Å²) in [6.07, 6.45) is 3.73. The summed E-state index contributed by atoms with van der Waals surface area (Å²) < 4.78 is 0.890. The number of aryl methyl sites for hydroxylation is 1. The maximum Gasteiger partial charge on any atom is 0.251 e. The van der Waals surface area contributed by atoms with Gasteiger partial charge in [0.15, 0.2) is 0 Å². The standard InChI is InChI=1S/C19H24BrN5O/c1-14-12-17(25-10-3-2-4-11-25)24-19(23-14)22-9-8-21-18(26)15-6-5-7-16(20)13-15/h5-7,12-13H,2-4,8-11H2,1H3,(H,21,26)(H,22,23,24). The number of benzene rings is 1. The van der Waals surface area contributed by atoms with Crippen molar-refractivity contribution in [2.75, 3.05) is 36.4 Å². The third-order valence-electron chi connectivity index (χ3n) is 4.30. The van der Waals surface area contributed by atoms with Gasteiger partial charge in [-0.15, -0.1) is 0 Å². The molecule has 0 atom stereocenters. The number of carbonyl (C=O) groups is 1. The Labute approximate surface area is 162 Å². The lowest BCUT2D eigenvalue weighted by Gasteiger charge is -2.28. The summed E-state index contributed by atoms with van der Waals surface area (Å²) >= 11 is 3.38. The van der Waals surface area contributed by atoms with E-state index in [1.807, 2.05) is 25.1 Å². The Morgan fingerprint density at radius 3 is 2.73 bits per heavy atom. The van der Waals surface area contributed by atoms with Crippen LogP contribution < -0.4 is 15.5 Å². The molecule has 1 aromatic heterocycles. The van der Waals surface area contributed by atoms with Gasteiger partial charge in [0.25, 0.3) is 5.91 Å². The zero-order chi connectivity index (χ0) is 18.4. The van der Waals surface area contributed by atoms with E-state index < -0.39 is 0 Å². The van der Waals surface area contributed by atoms with E-state index >= 15 is 0 Å². The Morgan fingerprint density at radius 1 is 1.15 bits per heavy atom. The second-order valence-electron chi connectivity index (χ2n) is 6.43. The predicted molar refractivity (Wildman–Crippen MR) is 108 cm³/mol. The van der Waals surface area contributed by atoms with E-state index in [2.05, 4.69) is 41.4 Å². The number of hydrogen-bond donors (Lipinski definition) is 2. The van der Waals surface area contributed by atoms with Crippen molar-refractivity contribution in [3.8, 4) is 0 Å². The van der Waals surface area contributed by atoms with E-state index in [0.29, 0.717) is 24.6 Å². The number of aromatic nitrogens is 2. The Balaban J connectivity index is 1.51. The van der Waals surface area contributed by atoms with Crippen molar-refractivity contribution < 1.29 is 4.79 Å². The van der Waals surface area contributed by atoms with Crippen molar-refractivity contribution >= 4 is 33.6 Å². The van der Waals surface area contributed by atoms with Crippen LogP contribution in [0, 0.1) is 6.92 Å². The second kappa shape index (κ2) is 8.98. The maximum absolute atomic E-state index is 12.1. The summed E-state index contributed by atoms with van der Waals surface area (Å²) in [7, 11) is 0. The number of anilines is 2. The van der Waals surface area contributed by atoms with Crippen molar-refractivity contribution in [2.45, 2.75) is 26.2 Å². The minimum Gasteiger partial charge on any atom is -0.356 e. The van der Waals surface area contributed by atoms with Crippen molar-refractivity contribution in [3.63, 3.8) is 0 Å². The van der Waals surface area contributed by atoms with E-state index in [9.17, 15) is 4.79 Å². The van der Waals surface area contributed by atoms with Crippen molar-refractivity contribution in [1.82, 2.24) is 15.3 Å². The molecule has 0 spiro atoms. The van der Waals surface area contributed by atoms with Gasteiger partial charge in [-0.25, -0.2) is 4.98 Å². The number of hydrogen-bond acceptors (Lipinski definition) is 5. The minimum atomic E-state index is -0.0905. The van der Waals surface area contributed by atoms with Gasteiger partial charge >= 0.3 is 0 Å². The smallest absolute Gasteiger partial charge is 0.251 e. The van der Waals surface area contributed by atoms with Gasteiger partial charge in [-0.3, -0.25) is 4.79 Å². The lowest BCUT2D eigenvalue weighted by atomic mass is 10.1. The third-order valence-corrected chi connectivity index (χ3v) is 4.79. The van der Waals surface area contributed by atoms with Crippen molar-refractivity contribution in [2.24, 2.45) is 0 Å². The molecule has 1 fully saturated rings. The summed E-state index contributed by atoms with van der Waals surface area (Å²) in [6.45, 7) is 5.16. The molecule has 2 heterocycles. The van der Waals surface area contributed by atoms with Crippen LogP contribution >= 0.6 is 15.9 Å². The molecular formula is C19H24BrN5O. The van der Waals surface area contributed by atoms with E-state index in [1.54, 1.807) is 12.1 Å². The lowest BCUT2D eigenvalue weighted by molar-refractivity contribution is 0.0955. The number of carbonyl (C=O) groups excluding carboxylic acids is 1. The molecule has 1 amide bonds. The number of piperidine rings is 1. The Hall–Kier alpha value is -2.15. The van der Waals surface area contributed by atoms with E-state index in [4.69, 9.17) is 0 Å². The zero-order valence-electron chi connectivity index (χ0n) is 15.0. The molecule has 1 aliphatic rings. The molecule has 0 aliphatic carbocycles. The molecule has 0 radical (unpaired) electrons. The quantitative estimate of drug-likeness (QED) is 0.704. The van der Waals surface area contributed by atoms with E-state index in [0.717, 1.165) is 29.1 Å². The largest absolute Gasteiger partial charge is 0.356 e. The first-order valence-corrected chi connectivity index (χ1v) is 9.79. The molecule has 2 N–H and O–H groups in total. The Kier molecular flexibility index (Phi) is 6.44. The molecule has 138 valence electrons. The van der Waals surface area contributed by atoms with Crippen LogP contribution in [0.1, 0.15) is 35.3 Å². The SMILES string of the molecule is Cc1cc(N2CCCCC2)nc(NCCNC(=O)c2cccc(Br)c2)n1. The van der Waals surface area contributed by atoms with Crippen molar-refractivity contribution in [1.29, 1.82) is 0 Å². The summed E-state index contributed by atoms with van der Waals surface area (Å²) in [6, 6.07) is 9.37. The highest BCUT2D eigenvalue weighted by atomic mass is 79.9. The molecule has 7 heteroatoms. The molecule has 0 bridgehead atoms.